The molecule has 1 heterocycles. The monoisotopic (exact) mass is 314 g/mol. The quantitative estimate of drug-likeness (QED) is 0.931. The van der Waals surface area contributed by atoms with Gasteiger partial charge in [-0.1, -0.05) is 18.2 Å². The average Bonchev–Trinajstić information content (AvgIpc) is 3.11. The van der Waals surface area contributed by atoms with E-state index < -0.39 is 6.36 Å². The van der Waals surface area contributed by atoms with Crippen molar-refractivity contribution in [2.75, 3.05) is 13.1 Å². The SMILES string of the molecule is N[C@H]1CCN(C(=O)[C@@H]2C[C@H]2c2ccccc2OC(F)(F)F)C1. The largest absolute Gasteiger partial charge is 0.573 e. The van der Waals surface area contributed by atoms with Crippen LogP contribution in [0.1, 0.15) is 24.3 Å². The van der Waals surface area contributed by atoms with E-state index in [0.717, 1.165) is 6.42 Å². The Hall–Kier alpha value is -1.76. The van der Waals surface area contributed by atoms with Gasteiger partial charge in [0.15, 0.2) is 0 Å². The van der Waals surface area contributed by atoms with Crippen LogP contribution in [-0.4, -0.2) is 36.3 Å². The molecule has 1 saturated carbocycles. The molecule has 1 amide bonds. The van der Waals surface area contributed by atoms with Crippen LogP contribution < -0.4 is 10.5 Å². The van der Waals surface area contributed by atoms with E-state index in [-0.39, 0.29) is 29.5 Å². The Morgan fingerprint density at radius 1 is 1.32 bits per heavy atom. The van der Waals surface area contributed by atoms with Crippen LogP contribution >= 0.6 is 0 Å². The first-order valence-electron chi connectivity index (χ1n) is 7.24. The summed E-state index contributed by atoms with van der Waals surface area (Å²) in [6.45, 7) is 1.16. The predicted molar refractivity (Wildman–Crippen MR) is 73.1 cm³/mol. The zero-order valence-electron chi connectivity index (χ0n) is 11.8. The lowest BCUT2D eigenvalue weighted by Gasteiger charge is -2.16. The fourth-order valence-corrected chi connectivity index (χ4v) is 3.04. The zero-order valence-corrected chi connectivity index (χ0v) is 11.8. The molecule has 1 saturated heterocycles. The van der Waals surface area contributed by atoms with Gasteiger partial charge in [0.25, 0.3) is 0 Å². The van der Waals surface area contributed by atoms with E-state index in [1.54, 1.807) is 17.0 Å². The maximum Gasteiger partial charge on any atom is 0.573 e. The molecule has 1 aromatic carbocycles. The minimum atomic E-state index is -4.73. The molecule has 7 heteroatoms. The van der Waals surface area contributed by atoms with Crippen LogP contribution in [0, 0.1) is 5.92 Å². The van der Waals surface area contributed by atoms with Crippen molar-refractivity contribution in [3.05, 3.63) is 29.8 Å². The van der Waals surface area contributed by atoms with Gasteiger partial charge in [0.2, 0.25) is 5.91 Å². The molecule has 0 unspecified atom stereocenters. The Labute approximate surface area is 126 Å². The van der Waals surface area contributed by atoms with E-state index in [4.69, 9.17) is 5.73 Å². The summed E-state index contributed by atoms with van der Waals surface area (Å²) in [6.07, 6.45) is -3.40. The molecule has 2 fully saturated rings. The van der Waals surface area contributed by atoms with Crippen molar-refractivity contribution < 1.29 is 22.7 Å². The normalized spacial score (nSPS) is 27.8. The smallest absolute Gasteiger partial charge is 0.405 e. The molecule has 120 valence electrons. The number of carbonyl (C=O) groups is 1. The third-order valence-electron chi connectivity index (χ3n) is 4.19. The van der Waals surface area contributed by atoms with E-state index in [0.29, 0.717) is 25.1 Å². The molecule has 1 aliphatic heterocycles. The summed E-state index contributed by atoms with van der Waals surface area (Å²) in [5.41, 5.74) is 6.23. The predicted octanol–water partition coefficient (Wildman–Crippen LogP) is 2.25. The first-order chi connectivity index (χ1) is 10.3. The Morgan fingerprint density at radius 2 is 2.05 bits per heavy atom. The molecule has 22 heavy (non-hydrogen) atoms. The van der Waals surface area contributed by atoms with E-state index in [1.165, 1.54) is 12.1 Å². The fraction of sp³-hybridized carbons (Fsp3) is 0.533. The highest BCUT2D eigenvalue weighted by Gasteiger charge is 2.48. The Morgan fingerprint density at radius 3 is 2.68 bits per heavy atom. The van der Waals surface area contributed by atoms with Crippen molar-refractivity contribution in [3.8, 4) is 5.75 Å². The van der Waals surface area contributed by atoms with Crippen LogP contribution in [-0.2, 0) is 4.79 Å². The number of para-hydroxylation sites is 1. The number of ether oxygens (including phenoxy) is 1. The van der Waals surface area contributed by atoms with Crippen LogP contribution in [0.3, 0.4) is 0 Å². The van der Waals surface area contributed by atoms with Gasteiger partial charge in [0, 0.05) is 25.0 Å². The summed E-state index contributed by atoms with van der Waals surface area (Å²) < 4.78 is 41.4. The van der Waals surface area contributed by atoms with Gasteiger partial charge in [-0.25, -0.2) is 0 Å². The van der Waals surface area contributed by atoms with Gasteiger partial charge in [-0.2, -0.15) is 0 Å². The highest BCUT2D eigenvalue weighted by atomic mass is 19.4. The molecule has 4 nitrogen and oxygen atoms in total. The van der Waals surface area contributed by atoms with Gasteiger partial charge < -0.3 is 15.4 Å². The van der Waals surface area contributed by atoms with Gasteiger partial charge in [0.1, 0.15) is 5.75 Å². The maximum absolute atomic E-state index is 12.4. The Kier molecular flexibility index (Phi) is 3.76. The minimum Gasteiger partial charge on any atom is -0.405 e. The van der Waals surface area contributed by atoms with Crippen molar-refractivity contribution in [3.63, 3.8) is 0 Å². The molecule has 0 aromatic heterocycles. The number of hydrogen-bond acceptors (Lipinski definition) is 3. The molecule has 3 atom stereocenters. The standard InChI is InChI=1S/C15H17F3N2O2/c16-15(17,18)22-13-4-2-1-3-10(13)11-7-12(11)14(21)20-6-5-9(19)8-20/h1-4,9,11-12H,5-8,19H2/t9-,11-,12+/m0/s1. The first-order valence-corrected chi connectivity index (χ1v) is 7.24. The molecule has 1 aromatic rings. The van der Waals surface area contributed by atoms with Gasteiger partial charge >= 0.3 is 6.36 Å². The van der Waals surface area contributed by atoms with Crippen LogP contribution in [0.15, 0.2) is 24.3 Å². The van der Waals surface area contributed by atoms with E-state index in [1.807, 2.05) is 0 Å². The number of likely N-dealkylation sites (tertiary alicyclic amines) is 1. The molecule has 0 radical (unpaired) electrons. The van der Waals surface area contributed by atoms with Crippen molar-refractivity contribution in [1.29, 1.82) is 0 Å². The van der Waals surface area contributed by atoms with Crippen LogP contribution in [0.5, 0.6) is 5.75 Å². The number of hydrogen-bond donors (Lipinski definition) is 1. The number of amides is 1. The molecular formula is C15H17F3N2O2. The molecule has 0 spiro atoms. The summed E-state index contributed by atoms with van der Waals surface area (Å²) in [4.78, 5) is 14.1. The number of benzene rings is 1. The summed E-state index contributed by atoms with van der Waals surface area (Å²) >= 11 is 0. The zero-order chi connectivity index (χ0) is 15.9. The third kappa shape index (κ3) is 3.19. The number of alkyl halides is 3. The number of carbonyl (C=O) groups excluding carboxylic acids is 1. The second-order valence-corrected chi connectivity index (χ2v) is 5.87. The highest BCUT2D eigenvalue weighted by molar-refractivity contribution is 5.83. The molecular weight excluding hydrogens is 297 g/mol. The topological polar surface area (TPSA) is 55.6 Å². The summed E-state index contributed by atoms with van der Waals surface area (Å²) in [6, 6.07) is 6.03. The Bertz CT molecular complexity index is 576. The first kappa shape index (κ1) is 15.1. The summed E-state index contributed by atoms with van der Waals surface area (Å²) in [5, 5.41) is 0. The van der Waals surface area contributed by atoms with E-state index in [2.05, 4.69) is 4.74 Å². The average molecular weight is 314 g/mol. The van der Waals surface area contributed by atoms with Crippen molar-refractivity contribution in [2.24, 2.45) is 11.7 Å². The summed E-state index contributed by atoms with van der Waals surface area (Å²) in [5.74, 6) is -0.695. The van der Waals surface area contributed by atoms with Gasteiger partial charge in [0.05, 0.1) is 0 Å². The molecule has 2 N–H and O–H groups in total. The van der Waals surface area contributed by atoms with Crippen molar-refractivity contribution in [2.45, 2.75) is 31.2 Å². The minimum absolute atomic E-state index is 0.00185. The second kappa shape index (κ2) is 5.46. The van der Waals surface area contributed by atoms with Gasteiger partial charge in [-0.3, -0.25) is 4.79 Å². The lowest BCUT2D eigenvalue weighted by molar-refractivity contribution is -0.274. The molecule has 0 bridgehead atoms. The fourth-order valence-electron chi connectivity index (χ4n) is 3.04. The highest BCUT2D eigenvalue weighted by Crippen LogP contribution is 2.51. The third-order valence-corrected chi connectivity index (χ3v) is 4.19. The van der Waals surface area contributed by atoms with E-state index in [9.17, 15) is 18.0 Å². The summed E-state index contributed by atoms with van der Waals surface area (Å²) in [7, 11) is 0. The number of nitrogens with two attached hydrogens (primary N) is 1. The van der Waals surface area contributed by atoms with Gasteiger partial charge in [-0.05, 0) is 30.4 Å². The van der Waals surface area contributed by atoms with Crippen molar-refractivity contribution in [1.82, 2.24) is 4.90 Å². The van der Waals surface area contributed by atoms with Gasteiger partial charge in [-0.15, -0.1) is 13.2 Å². The van der Waals surface area contributed by atoms with Crippen LogP contribution in [0.4, 0.5) is 13.2 Å². The maximum atomic E-state index is 12.4. The van der Waals surface area contributed by atoms with E-state index >= 15 is 0 Å². The second-order valence-electron chi connectivity index (χ2n) is 5.87. The molecule has 2 aliphatic rings. The lowest BCUT2D eigenvalue weighted by atomic mass is 10.1. The number of nitrogens with zero attached hydrogens (tertiary/aromatic N) is 1. The molecule has 3 rings (SSSR count). The number of halogens is 3. The molecule has 1 aliphatic carbocycles. The van der Waals surface area contributed by atoms with Crippen LogP contribution in [0.2, 0.25) is 0 Å². The lowest BCUT2D eigenvalue weighted by Crippen LogP contribution is -2.33. The number of rotatable bonds is 3. The Balaban J connectivity index is 1.71. The van der Waals surface area contributed by atoms with Crippen molar-refractivity contribution >= 4 is 5.91 Å². The van der Waals surface area contributed by atoms with Crippen LogP contribution in [0.25, 0.3) is 0 Å².